The molecule has 4 rings (SSSR count). The van der Waals surface area contributed by atoms with Gasteiger partial charge in [0.15, 0.2) is 0 Å². The maximum Gasteiger partial charge on any atom is 0.387 e. The van der Waals surface area contributed by atoms with Gasteiger partial charge in [0.25, 0.3) is 5.91 Å². The number of ether oxygens (including phenoxy) is 1. The zero-order chi connectivity index (χ0) is 21.3. The summed E-state index contributed by atoms with van der Waals surface area (Å²) in [6, 6.07) is 18.2. The molecule has 0 saturated carbocycles. The Morgan fingerprint density at radius 3 is 2.47 bits per heavy atom. The van der Waals surface area contributed by atoms with E-state index in [1.54, 1.807) is 0 Å². The molecule has 8 heteroatoms. The maximum atomic E-state index is 13.0. The van der Waals surface area contributed by atoms with E-state index in [1.165, 1.54) is 37.4 Å². The van der Waals surface area contributed by atoms with Crippen molar-refractivity contribution in [1.29, 1.82) is 0 Å². The van der Waals surface area contributed by atoms with E-state index in [2.05, 4.69) is 15.2 Å². The van der Waals surface area contributed by atoms with Crippen LogP contribution in [-0.4, -0.2) is 29.8 Å². The highest BCUT2D eigenvalue weighted by Gasteiger charge is 2.49. The first kappa shape index (κ1) is 19.5. The lowest BCUT2D eigenvalue weighted by atomic mass is 9.92. The van der Waals surface area contributed by atoms with E-state index in [-0.39, 0.29) is 5.75 Å². The Bertz CT molecular complexity index is 1140. The number of hydrogen-bond donors (Lipinski definition) is 1. The first-order valence-electron chi connectivity index (χ1n) is 9.12. The van der Waals surface area contributed by atoms with Crippen LogP contribution in [0.2, 0.25) is 0 Å². The number of benzene rings is 3. The van der Waals surface area contributed by atoms with Crippen LogP contribution in [0.15, 0.2) is 71.8 Å². The van der Waals surface area contributed by atoms with E-state index in [9.17, 15) is 18.4 Å². The number of fused-ring (bicyclic) bond motifs is 1. The smallest absolute Gasteiger partial charge is 0.387 e. The third-order valence-electron chi connectivity index (χ3n) is 4.96. The molecule has 1 aliphatic heterocycles. The van der Waals surface area contributed by atoms with E-state index in [0.29, 0.717) is 5.56 Å². The minimum atomic E-state index is -2.95. The molecule has 3 aromatic carbocycles. The minimum Gasteiger partial charge on any atom is -0.435 e. The number of imide groups is 1. The van der Waals surface area contributed by atoms with Gasteiger partial charge in [-0.2, -0.15) is 13.9 Å². The number of halogens is 2. The molecule has 0 unspecified atom stereocenters. The topological polar surface area (TPSA) is 71.0 Å². The third kappa shape index (κ3) is 3.47. The molecule has 1 atom stereocenters. The van der Waals surface area contributed by atoms with Gasteiger partial charge in [-0.1, -0.05) is 54.6 Å². The Hall–Kier alpha value is -3.81. The predicted octanol–water partition coefficient (Wildman–Crippen LogP) is 4.24. The molecule has 0 aromatic heterocycles. The van der Waals surface area contributed by atoms with Gasteiger partial charge in [-0.3, -0.25) is 4.79 Å². The quantitative estimate of drug-likeness (QED) is 0.506. The molecule has 152 valence electrons. The predicted molar refractivity (Wildman–Crippen MR) is 107 cm³/mol. The second-order valence-corrected chi connectivity index (χ2v) is 6.89. The van der Waals surface area contributed by atoms with Gasteiger partial charge in [0.1, 0.15) is 11.3 Å². The van der Waals surface area contributed by atoms with Crippen molar-refractivity contribution in [2.75, 3.05) is 0 Å². The standard InChI is InChI=1S/C22H17F2N3O3/c1-22(16-9-11-17(12-10-16)30-20(23)24)19(28)27(21(29)26-22)25-13-15-7-4-6-14-5-2-3-8-18(14)15/h2-13,20H,1H3,(H,26,29)/b25-13-/t22-/m1/s1. The fourth-order valence-electron chi connectivity index (χ4n) is 3.38. The van der Waals surface area contributed by atoms with Gasteiger partial charge in [-0.15, -0.1) is 5.01 Å². The Labute approximate surface area is 170 Å². The second kappa shape index (κ2) is 7.55. The Morgan fingerprint density at radius 1 is 1.03 bits per heavy atom. The summed E-state index contributed by atoms with van der Waals surface area (Å²) in [4.78, 5) is 25.4. The lowest BCUT2D eigenvalue weighted by molar-refractivity contribution is -0.131. The van der Waals surface area contributed by atoms with Crippen LogP contribution in [0.5, 0.6) is 5.75 Å². The molecular formula is C22H17F2N3O3. The van der Waals surface area contributed by atoms with E-state index in [1.807, 2.05) is 42.5 Å². The first-order chi connectivity index (χ1) is 14.4. The number of hydrogen-bond acceptors (Lipinski definition) is 4. The number of carbonyl (C=O) groups is 2. The molecule has 0 aliphatic carbocycles. The average Bonchev–Trinajstić information content (AvgIpc) is 2.95. The van der Waals surface area contributed by atoms with Crippen LogP contribution in [0.4, 0.5) is 13.6 Å². The fraction of sp³-hybridized carbons (Fsp3) is 0.136. The van der Waals surface area contributed by atoms with Gasteiger partial charge in [-0.05, 0) is 35.4 Å². The molecule has 1 N–H and O–H groups in total. The number of carbonyl (C=O) groups excluding carboxylic acids is 2. The normalized spacial score (nSPS) is 19.1. The van der Waals surface area contributed by atoms with Crippen molar-refractivity contribution in [2.45, 2.75) is 19.1 Å². The summed E-state index contributed by atoms with van der Waals surface area (Å²) in [6.07, 6.45) is 1.46. The van der Waals surface area contributed by atoms with Crippen LogP contribution < -0.4 is 10.1 Å². The minimum absolute atomic E-state index is 0.0417. The van der Waals surface area contributed by atoms with Gasteiger partial charge < -0.3 is 10.1 Å². The zero-order valence-corrected chi connectivity index (χ0v) is 15.9. The fourth-order valence-corrected chi connectivity index (χ4v) is 3.38. The van der Waals surface area contributed by atoms with Crippen molar-refractivity contribution in [1.82, 2.24) is 10.3 Å². The van der Waals surface area contributed by atoms with E-state index < -0.39 is 24.1 Å². The highest BCUT2D eigenvalue weighted by Crippen LogP contribution is 2.30. The van der Waals surface area contributed by atoms with Crippen LogP contribution in [-0.2, 0) is 10.3 Å². The van der Waals surface area contributed by atoms with Crippen molar-refractivity contribution in [3.05, 3.63) is 77.9 Å². The average molecular weight is 409 g/mol. The van der Waals surface area contributed by atoms with Crippen LogP contribution >= 0.6 is 0 Å². The second-order valence-electron chi connectivity index (χ2n) is 6.89. The number of alkyl halides is 2. The Balaban J connectivity index is 1.60. The molecule has 0 spiro atoms. The number of nitrogens with zero attached hydrogens (tertiary/aromatic N) is 2. The highest BCUT2D eigenvalue weighted by atomic mass is 19.3. The summed E-state index contributed by atoms with van der Waals surface area (Å²) >= 11 is 0. The largest absolute Gasteiger partial charge is 0.435 e. The molecule has 3 amide bonds. The van der Waals surface area contributed by atoms with Crippen molar-refractivity contribution in [2.24, 2.45) is 5.10 Å². The zero-order valence-electron chi connectivity index (χ0n) is 15.9. The summed E-state index contributed by atoms with van der Waals surface area (Å²) in [6.45, 7) is -1.41. The molecule has 1 saturated heterocycles. The Morgan fingerprint density at radius 2 is 1.73 bits per heavy atom. The number of hydrazone groups is 1. The molecule has 30 heavy (non-hydrogen) atoms. The lowest BCUT2D eigenvalue weighted by Crippen LogP contribution is -2.40. The van der Waals surface area contributed by atoms with Crippen molar-refractivity contribution >= 4 is 28.9 Å². The molecule has 0 bridgehead atoms. The molecule has 0 radical (unpaired) electrons. The molecule has 6 nitrogen and oxygen atoms in total. The van der Waals surface area contributed by atoms with Gasteiger partial charge in [0, 0.05) is 5.56 Å². The summed E-state index contributed by atoms with van der Waals surface area (Å²) in [5, 5.41) is 9.44. The lowest BCUT2D eigenvalue weighted by Gasteiger charge is -2.21. The van der Waals surface area contributed by atoms with Crippen LogP contribution in [0.1, 0.15) is 18.1 Å². The molecular weight excluding hydrogens is 392 g/mol. The molecule has 1 aliphatic rings. The van der Waals surface area contributed by atoms with E-state index in [0.717, 1.165) is 21.3 Å². The molecule has 3 aromatic rings. The van der Waals surface area contributed by atoms with E-state index in [4.69, 9.17) is 0 Å². The van der Waals surface area contributed by atoms with Crippen molar-refractivity contribution < 1.29 is 23.1 Å². The SMILES string of the molecule is C[C@]1(c2ccc(OC(F)F)cc2)NC(=O)N(/N=C\c2cccc3ccccc23)C1=O. The maximum absolute atomic E-state index is 13.0. The van der Waals surface area contributed by atoms with Gasteiger partial charge in [0.05, 0.1) is 6.21 Å². The van der Waals surface area contributed by atoms with Crippen molar-refractivity contribution in [3.8, 4) is 5.75 Å². The van der Waals surface area contributed by atoms with Crippen LogP contribution in [0, 0.1) is 0 Å². The number of nitrogens with one attached hydrogen (secondary N) is 1. The number of rotatable bonds is 5. The van der Waals surface area contributed by atoms with Crippen LogP contribution in [0.3, 0.4) is 0 Å². The van der Waals surface area contributed by atoms with Crippen LogP contribution in [0.25, 0.3) is 10.8 Å². The number of urea groups is 1. The van der Waals surface area contributed by atoms with E-state index >= 15 is 0 Å². The van der Waals surface area contributed by atoms with Gasteiger partial charge in [-0.25, -0.2) is 4.79 Å². The van der Waals surface area contributed by atoms with Gasteiger partial charge in [0.2, 0.25) is 0 Å². The first-order valence-corrected chi connectivity index (χ1v) is 9.12. The highest BCUT2D eigenvalue weighted by molar-refractivity contribution is 6.08. The third-order valence-corrected chi connectivity index (χ3v) is 4.96. The molecule has 1 heterocycles. The summed E-state index contributed by atoms with van der Waals surface area (Å²) in [7, 11) is 0. The summed E-state index contributed by atoms with van der Waals surface area (Å²) < 4.78 is 29.0. The number of amides is 3. The summed E-state index contributed by atoms with van der Waals surface area (Å²) in [5.41, 5.74) is -0.197. The monoisotopic (exact) mass is 409 g/mol. The van der Waals surface area contributed by atoms with Crippen molar-refractivity contribution in [3.63, 3.8) is 0 Å². The molecule has 1 fully saturated rings. The Kier molecular flexibility index (Phi) is 4.91. The van der Waals surface area contributed by atoms with Gasteiger partial charge >= 0.3 is 12.6 Å². The summed E-state index contributed by atoms with van der Waals surface area (Å²) in [5.74, 6) is -0.619.